The Morgan fingerprint density at radius 1 is 0.778 bits per heavy atom. The fourth-order valence-electron chi connectivity index (χ4n) is 3.43. The van der Waals surface area contributed by atoms with Crippen LogP contribution in [0.1, 0.15) is 49.9 Å². The Kier molecular flexibility index (Phi) is 6.54. The minimum absolute atomic E-state index is 0.147. The molecule has 0 radical (unpaired) electrons. The molecule has 0 spiro atoms. The third kappa shape index (κ3) is 4.82. The van der Waals surface area contributed by atoms with E-state index in [-0.39, 0.29) is 5.41 Å². The Balaban J connectivity index is 2.51. The summed E-state index contributed by atoms with van der Waals surface area (Å²) in [5.74, 6) is 1.82. The van der Waals surface area contributed by atoms with Crippen molar-refractivity contribution in [3.05, 3.63) is 83.0 Å². The summed E-state index contributed by atoms with van der Waals surface area (Å²) in [6.45, 7) is 16.7. The van der Waals surface area contributed by atoms with Crippen LogP contribution in [0.5, 0.6) is 11.5 Å². The third-order valence-electron chi connectivity index (χ3n) is 4.99. The van der Waals surface area contributed by atoms with E-state index in [2.05, 4.69) is 63.4 Å². The van der Waals surface area contributed by atoms with Crippen LogP contribution >= 0.6 is 0 Å². The van der Waals surface area contributed by atoms with Crippen LogP contribution in [0.15, 0.2) is 60.7 Å². The average molecular weight is 365 g/mol. The molecule has 0 aliphatic carbocycles. The highest BCUT2D eigenvalue weighted by molar-refractivity contribution is 5.48. The van der Waals surface area contributed by atoms with Gasteiger partial charge in [-0.25, -0.2) is 0 Å². The van der Waals surface area contributed by atoms with Gasteiger partial charge >= 0.3 is 0 Å². The molecule has 144 valence electrons. The van der Waals surface area contributed by atoms with E-state index in [4.69, 9.17) is 9.47 Å². The third-order valence-corrected chi connectivity index (χ3v) is 4.99. The van der Waals surface area contributed by atoms with Gasteiger partial charge in [0.15, 0.2) is 0 Å². The van der Waals surface area contributed by atoms with Gasteiger partial charge in [0.25, 0.3) is 0 Å². The second-order valence-corrected chi connectivity index (χ2v) is 7.95. The Hall–Kier alpha value is -2.48. The van der Waals surface area contributed by atoms with E-state index in [0.717, 1.165) is 35.5 Å². The lowest BCUT2D eigenvalue weighted by Crippen LogP contribution is -2.20. The summed E-state index contributed by atoms with van der Waals surface area (Å²) in [7, 11) is 3.44. The van der Waals surface area contributed by atoms with Crippen LogP contribution in [0.3, 0.4) is 0 Å². The maximum Gasteiger partial charge on any atom is 0.122 e. The lowest BCUT2D eigenvalue weighted by molar-refractivity contribution is 0.409. The van der Waals surface area contributed by atoms with Crippen molar-refractivity contribution < 1.29 is 9.47 Å². The van der Waals surface area contributed by atoms with Gasteiger partial charge in [0.05, 0.1) is 14.2 Å². The fourth-order valence-corrected chi connectivity index (χ4v) is 3.43. The number of ether oxygens (including phenoxy) is 2. The lowest BCUT2D eigenvalue weighted by Gasteiger charge is -2.28. The molecule has 0 bridgehead atoms. The highest BCUT2D eigenvalue weighted by Gasteiger charge is 2.25. The van der Waals surface area contributed by atoms with E-state index >= 15 is 0 Å². The number of hydrogen-bond acceptors (Lipinski definition) is 2. The molecule has 0 amide bonds. The summed E-state index contributed by atoms with van der Waals surface area (Å²) < 4.78 is 11.1. The van der Waals surface area contributed by atoms with E-state index in [9.17, 15) is 0 Å². The zero-order chi connectivity index (χ0) is 20.2. The molecule has 2 aromatic rings. The summed E-state index contributed by atoms with van der Waals surface area (Å²) in [5.41, 5.74) is 6.95. The normalized spacial score (nSPS) is 11.2. The first kappa shape index (κ1) is 20.8. The predicted octanol–water partition coefficient (Wildman–Crippen LogP) is 6.27. The molecule has 0 aromatic heterocycles. The van der Waals surface area contributed by atoms with Gasteiger partial charge in [-0.1, -0.05) is 62.4 Å². The first-order valence-corrected chi connectivity index (χ1v) is 9.32. The Labute approximate surface area is 164 Å². The van der Waals surface area contributed by atoms with E-state index in [1.807, 2.05) is 13.8 Å². The minimum atomic E-state index is -0.147. The first-order valence-electron chi connectivity index (χ1n) is 9.32. The van der Waals surface area contributed by atoms with Gasteiger partial charge in [-0.3, -0.25) is 0 Å². The van der Waals surface area contributed by atoms with E-state index < -0.39 is 0 Å². The van der Waals surface area contributed by atoms with Gasteiger partial charge in [-0.15, -0.1) is 0 Å². The summed E-state index contributed by atoms with van der Waals surface area (Å²) in [6.07, 6.45) is 1.63. The van der Waals surface area contributed by atoms with Crippen molar-refractivity contribution in [1.29, 1.82) is 0 Å². The summed E-state index contributed by atoms with van der Waals surface area (Å²) in [6, 6.07) is 12.9. The van der Waals surface area contributed by atoms with Crippen LogP contribution in [0, 0.1) is 0 Å². The molecule has 0 N–H and O–H groups in total. The zero-order valence-corrected chi connectivity index (χ0v) is 17.6. The number of allylic oxidation sites excluding steroid dienone is 2. The van der Waals surface area contributed by atoms with Crippen LogP contribution in [0.25, 0.3) is 0 Å². The van der Waals surface area contributed by atoms with Crippen molar-refractivity contribution >= 4 is 0 Å². The Bertz CT molecular complexity index is 774. The Morgan fingerprint density at radius 3 is 1.44 bits per heavy atom. The summed E-state index contributed by atoms with van der Waals surface area (Å²) >= 11 is 0. The fraction of sp³-hybridized carbons (Fsp3) is 0.360. The van der Waals surface area contributed by atoms with Crippen molar-refractivity contribution in [3.63, 3.8) is 0 Å². The molecule has 0 heterocycles. The predicted molar refractivity (Wildman–Crippen MR) is 115 cm³/mol. The topological polar surface area (TPSA) is 18.5 Å². The number of hydrogen-bond donors (Lipinski definition) is 0. The molecule has 0 aliphatic rings. The largest absolute Gasteiger partial charge is 0.496 e. The lowest BCUT2D eigenvalue weighted by atomic mass is 9.76. The second kappa shape index (κ2) is 8.47. The van der Waals surface area contributed by atoms with Crippen LogP contribution in [-0.4, -0.2) is 14.2 Å². The number of rotatable bonds is 8. The van der Waals surface area contributed by atoms with Crippen molar-refractivity contribution in [2.75, 3.05) is 14.2 Å². The van der Waals surface area contributed by atoms with Crippen LogP contribution < -0.4 is 9.47 Å². The number of benzene rings is 2. The maximum absolute atomic E-state index is 5.55. The molecule has 0 aliphatic heterocycles. The zero-order valence-electron chi connectivity index (χ0n) is 17.6. The van der Waals surface area contributed by atoms with Crippen LogP contribution in [-0.2, 0) is 18.3 Å². The molecule has 0 unspecified atom stereocenters. The van der Waals surface area contributed by atoms with Crippen LogP contribution in [0.4, 0.5) is 0 Å². The van der Waals surface area contributed by atoms with Crippen molar-refractivity contribution in [2.24, 2.45) is 0 Å². The van der Waals surface area contributed by atoms with Gasteiger partial charge in [0.2, 0.25) is 0 Å². The van der Waals surface area contributed by atoms with Crippen molar-refractivity contribution in [1.82, 2.24) is 0 Å². The molecule has 0 atom stereocenters. The molecule has 0 fully saturated rings. The van der Waals surface area contributed by atoms with Gasteiger partial charge in [-0.05, 0) is 61.1 Å². The maximum atomic E-state index is 5.55. The van der Waals surface area contributed by atoms with Gasteiger partial charge in [0, 0.05) is 5.41 Å². The molecule has 2 aromatic carbocycles. The average Bonchev–Trinajstić information content (AvgIpc) is 2.60. The summed E-state index contributed by atoms with van der Waals surface area (Å²) in [5, 5.41) is 0. The molecule has 0 saturated carbocycles. The monoisotopic (exact) mass is 364 g/mol. The number of methoxy groups -OCH3 is 2. The highest BCUT2D eigenvalue weighted by atomic mass is 16.5. The summed E-state index contributed by atoms with van der Waals surface area (Å²) in [4.78, 5) is 0. The smallest absolute Gasteiger partial charge is 0.122 e. The van der Waals surface area contributed by atoms with Gasteiger partial charge in [-0.2, -0.15) is 0 Å². The van der Waals surface area contributed by atoms with E-state index in [1.54, 1.807) is 14.2 Å². The van der Waals surface area contributed by atoms with Crippen molar-refractivity contribution in [2.45, 2.75) is 46.0 Å². The van der Waals surface area contributed by atoms with E-state index in [0.29, 0.717) is 0 Å². The molecule has 2 rings (SSSR count). The molecular formula is C25H32O2. The molecule has 0 saturated heterocycles. The van der Waals surface area contributed by atoms with Gasteiger partial charge < -0.3 is 9.47 Å². The molecule has 27 heavy (non-hydrogen) atoms. The van der Waals surface area contributed by atoms with E-state index in [1.165, 1.54) is 22.3 Å². The molecule has 2 nitrogen and oxygen atoms in total. The standard InChI is InChI=1S/C25H32O2/c1-17(2)13-19-15-21(9-11-23(19)26-7)25(5,6)22-10-12-24(27-8)20(16-22)14-18(3)4/h9-12,15-16H,1,3,13-14H2,2,4-8H3. The molecular weight excluding hydrogens is 332 g/mol. The Morgan fingerprint density at radius 2 is 1.15 bits per heavy atom. The van der Waals surface area contributed by atoms with Gasteiger partial charge in [0.1, 0.15) is 11.5 Å². The highest BCUT2D eigenvalue weighted by Crippen LogP contribution is 2.37. The SMILES string of the molecule is C=C(C)Cc1cc(C(C)(C)c2ccc(OC)c(CC(=C)C)c2)ccc1OC. The second-order valence-electron chi connectivity index (χ2n) is 7.95. The van der Waals surface area contributed by atoms with Crippen molar-refractivity contribution in [3.8, 4) is 11.5 Å². The van der Waals surface area contributed by atoms with Crippen LogP contribution in [0.2, 0.25) is 0 Å². The molecule has 2 heteroatoms. The quantitative estimate of drug-likeness (QED) is 0.514. The minimum Gasteiger partial charge on any atom is -0.496 e. The first-order chi connectivity index (χ1) is 12.7.